The molecule has 1 aromatic carbocycles. The van der Waals surface area contributed by atoms with Gasteiger partial charge in [0.05, 0.1) is 5.56 Å². The number of allylic oxidation sites excluding steroid dienone is 2. The molecule has 1 aromatic rings. The summed E-state index contributed by atoms with van der Waals surface area (Å²) in [5, 5.41) is 9.51. The van der Waals surface area contributed by atoms with Crippen LogP contribution in [-0.2, 0) is 0 Å². The van der Waals surface area contributed by atoms with Gasteiger partial charge in [0.1, 0.15) is 24.8 Å². The number of phenols is 1. The van der Waals surface area contributed by atoms with E-state index in [0.717, 1.165) is 12.2 Å². The molecule has 0 spiro atoms. The first-order chi connectivity index (χ1) is 8.19. The molecule has 0 aliphatic heterocycles. The van der Waals surface area contributed by atoms with Gasteiger partial charge in [-0.15, -0.1) is 0 Å². The Morgan fingerprint density at radius 2 is 2.29 bits per heavy atom. The first-order valence-electron chi connectivity index (χ1n) is 5.02. The van der Waals surface area contributed by atoms with E-state index in [4.69, 9.17) is 4.74 Å². The largest absolute Gasteiger partial charge is 0.507 e. The van der Waals surface area contributed by atoms with Crippen molar-refractivity contribution in [1.29, 1.82) is 0 Å². The Morgan fingerprint density at radius 1 is 1.53 bits per heavy atom. The fourth-order valence-electron chi connectivity index (χ4n) is 1.20. The summed E-state index contributed by atoms with van der Waals surface area (Å²) >= 11 is 0. The Morgan fingerprint density at radius 3 is 2.94 bits per heavy atom. The lowest BCUT2D eigenvalue weighted by atomic mass is 10.1. The van der Waals surface area contributed by atoms with Gasteiger partial charge in [0.2, 0.25) is 0 Å². The van der Waals surface area contributed by atoms with Gasteiger partial charge in [-0.3, -0.25) is 4.79 Å². The van der Waals surface area contributed by atoms with E-state index >= 15 is 0 Å². The predicted molar refractivity (Wildman–Crippen MR) is 63.2 cm³/mol. The van der Waals surface area contributed by atoms with Crippen LogP contribution in [0, 0.1) is 0 Å². The molecular formula is C13H13FO3. The highest BCUT2D eigenvalue weighted by molar-refractivity contribution is 6.06. The zero-order chi connectivity index (χ0) is 12.7. The molecule has 17 heavy (non-hydrogen) atoms. The normalized spacial score (nSPS) is 10.4. The number of phenolic OH excluding ortho intramolecular Hbond substituents is 1. The molecular weight excluding hydrogens is 223 g/mol. The highest BCUT2D eigenvalue weighted by Gasteiger charge is 2.09. The molecule has 0 heterocycles. The van der Waals surface area contributed by atoms with E-state index < -0.39 is 12.5 Å². The SMILES string of the molecule is C=CCOc1ccc(O)c(C(=O)/C=C/CF)c1. The molecule has 0 saturated carbocycles. The first-order valence-corrected chi connectivity index (χ1v) is 5.02. The van der Waals surface area contributed by atoms with E-state index in [-0.39, 0.29) is 11.3 Å². The minimum absolute atomic E-state index is 0.0799. The maximum Gasteiger partial charge on any atom is 0.189 e. The van der Waals surface area contributed by atoms with Crippen molar-refractivity contribution in [2.75, 3.05) is 13.3 Å². The Kier molecular flexibility index (Phi) is 4.94. The third-order valence-electron chi connectivity index (χ3n) is 1.96. The van der Waals surface area contributed by atoms with Crippen molar-refractivity contribution in [3.8, 4) is 11.5 Å². The second-order valence-corrected chi connectivity index (χ2v) is 3.20. The first kappa shape index (κ1) is 13.0. The van der Waals surface area contributed by atoms with Gasteiger partial charge in [-0.1, -0.05) is 12.7 Å². The van der Waals surface area contributed by atoms with E-state index in [9.17, 15) is 14.3 Å². The summed E-state index contributed by atoms with van der Waals surface area (Å²) in [5.74, 6) is -0.187. The van der Waals surface area contributed by atoms with Gasteiger partial charge in [-0.05, 0) is 30.4 Å². The molecule has 0 radical (unpaired) electrons. The molecule has 4 heteroatoms. The summed E-state index contributed by atoms with van der Waals surface area (Å²) < 4.78 is 17.1. The lowest BCUT2D eigenvalue weighted by Crippen LogP contribution is -1.98. The molecule has 1 rings (SSSR count). The average Bonchev–Trinajstić information content (AvgIpc) is 2.35. The van der Waals surface area contributed by atoms with Crippen molar-refractivity contribution >= 4 is 5.78 Å². The molecule has 90 valence electrons. The third kappa shape index (κ3) is 3.75. The van der Waals surface area contributed by atoms with Crippen LogP contribution in [0.2, 0.25) is 0 Å². The molecule has 0 aliphatic carbocycles. The van der Waals surface area contributed by atoms with Crippen molar-refractivity contribution < 1.29 is 19.0 Å². The third-order valence-corrected chi connectivity index (χ3v) is 1.96. The quantitative estimate of drug-likeness (QED) is 0.469. The number of hydrogen-bond donors (Lipinski definition) is 1. The molecule has 0 saturated heterocycles. The van der Waals surface area contributed by atoms with Gasteiger partial charge >= 0.3 is 0 Å². The van der Waals surface area contributed by atoms with Crippen molar-refractivity contribution in [2.45, 2.75) is 0 Å². The van der Waals surface area contributed by atoms with E-state index in [1.54, 1.807) is 6.08 Å². The highest BCUT2D eigenvalue weighted by Crippen LogP contribution is 2.23. The number of aromatic hydroxyl groups is 1. The summed E-state index contributed by atoms with van der Waals surface area (Å²) in [6.07, 6.45) is 3.72. The summed E-state index contributed by atoms with van der Waals surface area (Å²) in [7, 11) is 0. The number of ether oxygens (including phenoxy) is 1. The Bertz CT molecular complexity index is 438. The number of ketones is 1. The number of halogens is 1. The molecule has 0 amide bonds. The smallest absolute Gasteiger partial charge is 0.189 e. The van der Waals surface area contributed by atoms with Crippen LogP contribution in [0.1, 0.15) is 10.4 Å². The van der Waals surface area contributed by atoms with Gasteiger partial charge in [-0.25, -0.2) is 4.39 Å². The van der Waals surface area contributed by atoms with Crippen LogP contribution >= 0.6 is 0 Å². The molecule has 0 unspecified atom stereocenters. The van der Waals surface area contributed by atoms with Crippen molar-refractivity contribution in [3.05, 3.63) is 48.6 Å². The van der Waals surface area contributed by atoms with Crippen LogP contribution in [0.4, 0.5) is 4.39 Å². The standard InChI is InChI=1S/C13H13FO3/c1-2-8-17-10-5-6-13(16)11(9-10)12(15)4-3-7-14/h2-6,9,16H,1,7-8H2/b4-3+. The number of benzene rings is 1. The average molecular weight is 236 g/mol. The maximum atomic E-state index is 11.9. The minimum atomic E-state index is -0.723. The van der Waals surface area contributed by atoms with Gasteiger partial charge in [-0.2, -0.15) is 0 Å². The summed E-state index contributed by atoms with van der Waals surface area (Å²) in [5.41, 5.74) is 0.0799. The second-order valence-electron chi connectivity index (χ2n) is 3.20. The summed E-state index contributed by atoms with van der Waals surface area (Å²) in [6, 6.07) is 4.30. The lowest BCUT2D eigenvalue weighted by Gasteiger charge is -2.06. The van der Waals surface area contributed by atoms with Crippen LogP contribution in [0.15, 0.2) is 43.0 Å². The van der Waals surface area contributed by atoms with E-state index in [0.29, 0.717) is 12.4 Å². The lowest BCUT2D eigenvalue weighted by molar-refractivity contribution is 0.104. The van der Waals surface area contributed by atoms with Crippen molar-refractivity contribution in [3.63, 3.8) is 0 Å². The Labute approximate surface area is 98.8 Å². The number of alkyl halides is 1. The second kappa shape index (κ2) is 6.48. The van der Waals surface area contributed by atoms with Gasteiger partial charge in [0.25, 0.3) is 0 Å². The predicted octanol–water partition coefficient (Wildman–Crippen LogP) is 2.67. The Balaban J connectivity index is 2.93. The number of rotatable bonds is 6. The van der Waals surface area contributed by atoms with Crippen LogP contribution in [0.5, 0.6) is 11.5 Å². The molecule has 0 aliphatic rings. The summed E-state index contributed by atoms with van der Waals surface area (Å²) in [4.78, 5) is 11.6. The highest BCUT2D eigenvalue weighted by atomic mass is 19.1. The van der Waals surface area contributed by atoms with Crippen molar-refractivity contribution in [1.82, 2.24) is 0 Å². The van der Waals surface area contributed by atoms with Crippen molar-refractivity contribution in [2.24, 2.45) is 0 Å². The fraction of sp³-hybridized carbons (Fsp3) is 0.154. The van der Waals surface area contributed by atoms with Gasteiger partial charge < -0.3 is 9.84 Å². The molecule has 0 bridgehead atoms. The van der Waals surface area contributed by atoms with Crippen LogP contribution in [-0.4, -0.2) is 24.2 Å². The van der Waals surface area contributed by atoms with E-state index in [1.165, 1.54) is 18.2 Å². The van der Waals surface area contributed by atoms with E-state index in [2.05, 4.69) is 6.58 Å². The molecule has 3 nitrogen and oxygen atoms in total. The van der Waals surface area contributed by atoms with Crippen LogP contribution in [0.25, 0.3) is 0 Å². The topological polar surface area (TPSA) is 46.5 Å². The van der Waals surface area contributed by atoms with E-state index in [1.807, 2.05) is 0 Å². The Hall–Kier alpha value is -2.10. The number of carbonyl (C=O) groups is 1. The summed E-state index contributed by atoms with van der Waals surface area (Å²) in [6.45, 7) is 3.08. The zero-order valence-electron chi connectivity index (χ0n) is 9.23. The van der Waals surface area contributed by atoms with Gasteiger partial charge in [0, 0.05) is 0 Å². The van der Waals surface area contributed by atoms with Crippen LogP contribution < -0.4 is 4.74 Å². The molecule has 0 fully saturated rings. The zero-order valence-corrected chi connectivity index (χ0v) is 9.23. The maximum absolute atomic E-state index is 11.9. The number of hydrogen-bond acceptors (Lipinski definition) is 3. The van der Waals surface area contributed by atoms with Gasteiger partial charge in [0.15, 0.2) is 5.78 Å². The number of carbonyl (C=O) groups excluding carboxylic acids is 1. The van der Waals surface area contributed by atoms with Crippen LogP contribution in [0.3, 0.4) is 0 Å². The molecule has 0 atom stereocenters. The monoisotopic (exact) mass is 236 g/mol. The molecule has 1 N–H and O–H groups in total. The fourth-order valence-corrected chi connectivity index (χ4v) is 1.20. The molecule has 0 aromatic heterocycles. The minimum Gasteiger partial charge on any atom is -0.507 e.